The van der Waals surface area contributed by atoms with Gasteiger partial charge in [-0.1, -0.05) is 18.2 Å². The van der Waals surface area contributed by atoms with Crippen LogP contribution in [0.15, 0.2) is 89.5 Å². The third-order valence-electron chi connectivity index (χ3n) is 6.53. The van der Waals surface area contributed by atoms with Gasteiger partial charge in [0.05, 0.1) is 31.1 Å². The second-order valence-electron chi connectivity index (χ2n) is 8.98. The number of carbonyl (C=O) groups is 1. The summed E-state index contributed by atoms with van der Waals surface area (Å²) in [6.07, 6.45) is 1.98. The van der Waals surface area contributed by atoms with E-state index in [4.69, 9.17) is 26.1 Å². The number of pyridine rings is 1. The minimum absolute atomic E-state index is 0.142. The Balaban J connectivity index is 1.38. The number of nitrogens with zero attached hydrogens (tertiary/aromatic N) is 2. The predicted octanol–water partition coefficient (Wildman–Crippen LogP) is 5.75. The normalized spacial score (nSPS) is 16.6. The van der Waals surface area contributed by atoms with E-state index in [2.05, 4.69) is 15.6 Å². The van der Waals surface area contributed by atoms with Crippen LogP contribution >= 0.6 is 12.2 Å². The molecule has 2 N–H and O–H groups in total. The fraction of sp³-hybridized carbons (Fsp3) is 0.233. The molecule has 2 atom stereocenters. The average Bonchev–Trinajstić information content (AvgIpc) is 3.58. The zero-order valence-corrected chi connectivity index (χ0v) is 22.6. The molecule has 0 radical (unpaired) electrons. The molecular weight excluding hydrogens is 512 g/mol. The maximum atomic E-state index is 12.9. The number of hydrogen-bond acceptors (Lipinski definition) is 6. The van der Waals surface area contributed by atoms with E-state index in [0.29, 0.717) is 29.7 Å². The molecule has 39 heavy (non-hydrogen) atoms. The Bertz CT molecular complexity index is 1420. The zero-order valence-electron chi connectivity index (χ0n) is 21.8. The van der Waals surface area contributed by atoms with Crippen molar-refractivity contribution < 1.29 is 18.7 Å². The first-order chi connectivity index (χ1) is 19.1. The lowest BCUT2D eigenvalue weighted by atomic mass is 10.0. The van der Waals surface area contributed by atoms with Crippen LogP contribution in [0.3, 0.4) is 0 Å². The van der Waals surface area contributed by atoms with E-state index in [0.717, 1.165) is 28.5 Å². The first-order valence-corrected chi connectivity index (χ1v) is 13.2. The van der Waals surface area contributed by atoms with E-state index in [-0.39, 0.29) is 24.4 Å². The molecule has 8 nitrogen and oxygen atoms in total. The third-order valence-corrected chi connectivity index (χ3v) is 6.88. The fourth-order valence-corrected chi connectivity index (χ4v) is 5.02. The van der Waals surface area contributed by atoms with Crippen molar-refractivity contribution in [3.63, 3.8) is 0 Å². The Morgan fingerprint density at radius 1 is 1.08 bits per heavy atom. The van der Waals surface area contributed by atoms with E-state index in [9.17, 15) is 4.79 Å². The van der Waals surface area contributed by atoms with Crippen molar-refractivity contribution in [1.82, 2.24) is 15.2 Å². The summed E-state index contributed by atoms with van der Waals surface area (Å²) in [4.78, 5) is 19.5. The molecule has 200 valence electrons. The number of furan rings is 1. The van der Waals surface area contributed by atoms with E-state index in [1.807, 2.05) is 90.7 Å². The Morgan fingerprint density at radius 3 is 2.62 bits per heavy atom. The van der Waals surface area contributed by atoms with Gasteiger partial charge >= 0.3 is 0 Å². The van der Waals surface area contributed by atoms with Gasteiger partial charge in [0.1, 0.15) is 29.1 Å². The lowest BCUT2D eigenvalue weighted by Crippen LogP contribution is -2.32. The molecule has 2 aromatic carbocycles. The summed E-state index contributed by atoms with van der Waals surface area (Å²) in [6, 6.07) is 24.3. The number of benzene rings is 2. The molecule has 1 aliphatic rings. The molecule has 0 unspecified atom stereocenters. The van der Waals surface area contributed by atoms with Crippen LogP contribution in [0, 0.1) is 0 Å². The topological polar surface area (TPSA) is 88.9 Å². The van der Waals surface area contributed by atoms with E-state index in [1.165, 1.54) is 0 Å². The summed E-state index contributed by atoms with van der Waals surface area (Å²) in [7, 11) is 1.58. The van der Waals surface area contributed by atoms with E-state index < -0.39 is 0 Å². The van der Waals surface area contributed by atoms with Gasteiger partial charge in [-0.25, -0.2) is 0 Å². The Labute approximate surface area is 233 Å². The lowest BCUT2D eigenvalue weighted by Gasteiger charge is -2.26. The van der Waals surface area contributed by atoms with Crippen LogP contribution in [0.25, 0.3) is 11.3 Å². The molecule has 3 heterocycles. The number of amides is 1. The molecule has 1 saturated heterocycles. The van der Waals surface area contributed by atoms with Gasteiger partial charge in [-0.05, 0) is 79.8 Å². The van der Waals surface area contributed by atoms with Crippen LogP contribution in [-0.2, 0) is 4.79 Å². The molecule has 5 rings (SSSR count). The SMILES string of the molecule is CCOc1ccc(-c2ccc([C@H]3[C@@H](c4ccccn4)NC(=S)N3CCC(=O)Nc3ccccc3OC)o2)cc1. The summed E-state index contributed by atoms with van der Waals surface area (Å²) in [5.74, 6) is 2.74. The van der Waals surface area contributed by atoms with Crippen LogP contribution in [0.1, 0.15) is 36.9 Å². The van der Waals surface area contributed by atoms with Crippen molar-refractivity contribution in [2.45, 2.75) is 25.4 Å². The number of methoxy groups -OCH3 is 1. The van der Waals surface area contributed by atoms with Gasteiger partial charge in [-0.15, -0.1) is 0 Å². The number of carbonyl (C=O) groups excluding carboxylic acids is 1. The second kappa shape index (κ2) is 12.0. The van der Waals surface area contributed by atoms with E-state index >= 15 is 0 Å². The molecule has 1 aliphatic heterocycles. The van der Waals surface area contributed by atoms with Crippen molar-refractivity contribution >= 4 is 28.9 Å². The number of hydrogen-bond donors (Lipinski definition) is 2. The zero-order chi connectivity index (χ0) is 27.2. The van der Waals surface area contributed by atoms with Gasteiger partial charge in [-0.3, -0.25) is 9.78 Å². The highest BCUT2D eigenvalue weighted by atomic mass is 32.1. The summed E-state index contributed by atoms with van der Waals surface area (Å²) in [5, 5.41) is 6.88. The van der Waals surface area contributed by atoms with Crippen molar-refractivity contribution in [3.8, 4) is 22.8 Å². The van der Waals surface area contributed by atoms with Crippen LogP contribution in [0.5, 0.6) is 11.5 Å². The molecule has 0 spiro atoms. The van der Waals surface area contributed by atoms with Crippen LogP contribution in [-0.4, -0.2) is 41.2 Å². The summed E-state index contributed by atoms with van der Waals surface area (Å²) < 4.78 is 17.3. The number of nitrogens with one attached hydrogen (secondary N) is 2. The Hall–Kier alpha value is -4.37. The molecule has 0 saturated carbocycles. The largest absolute Gasteiger partial charge is 0.495 e. The molecule has 1 fully saturated rings. The van der Waals surface area contributed by atoms with Crippen LogP contribution in [0.2, 0.25) is 0 Å². The standard InChI is InChI=1S/C30H30N4O4S/c1-3-37-21-13-11-20(12-14-21)24-15-16-26(38-24)29-28(23-9-6-7-18-31-23)33-30(39)34(29)19-17-27(35)32-22-8-4-5-10-25(22)36-2/h4-16,18,28-29H,3,17,19H2,1-2H3,(H,32,35)(H,33,39)/t28-,29+/m1/s1. The summed E-state index contributed by atoms with van der Waals surface area (Å²) in [5.41, 5.74) is 2.40. The Morgan fingerprint density at radius 2 is 1.87 bits per heavy atom. The smallest absolute Gasteiger partial charge is 0.226 e. The second-order valence-corrected chi connectivity index (χ2v) is 9.36. The highest BCUT2D eigenvalue weighted by molar-refractivity contribution is 7.80. The number of thiocarbonyl (C=S) groups is 1. The van der Waals surface area contributed by atoms with Crippen molar-refractivity contribution in [2.75, 3.05) is 25.6 Å². The van der Waals surface area contributed by atoms with Crippen LogP contribution in [0.4, 0.5) is 5.69 Å². The van der Waals surface area contributed by atoms with Crippen molar-refractivity contribution in [2.24, 2.45) is 0 Å². The maximum Gasteiger partial charge on any atom is 0.226 e. The number of rotatable bonds is 10. The first-order valence-electron chi connectivity index (χ1n) is 12.8. The molecule has 0 aliphatic carbocycles. The predicted molar refractivity (Wildman–Crippen MR) is 154 cm³/mol. The molecule has 4 aromatic rings. The van der Waals surface area contributed by atoms with Gasteiger partial charge in [0.15, 0.2) is 5.11 Å². The van der Waals surface area contributed by atoms with Gasteiger partial charge in [0.25, 0.3) is 0 Å². The average molecular weight is 543 g/mol. The number of anilines is 1. The molecule has 1 amide bonds. The first kappa shape index (κ1) is 26.2. The van der Waals surface area contributed by atoms with Crippen molar-refractivity contribution in [3.05, 3.63) is 96.5 Å². The minimum atomic E-state index is -0.289. The summed E-state index contributed by atoms with van der Waals surface area (Å²) in [6.45, 7) is 2.96. The van der Waals surface area contributed by atoms with Crippen LogP contribution < -0.4 is 20.1 Å². The van der Waals surface area contributed by atoms with Gasteiger partial charge in [0, 0.05) is 24.7 Å². The van der Waals surface area contributed by atoms with Gasteiger partial charge < -0.3 is 29.4 Å². The van der Waals surface area contributed by atoms with Gasteiger partial charge in [0.2, 0.25) is 5.91 Å². The monoisotopic (exact) mass is 542 g/mol. The Kier molecular flexibility index (Phi) is 8.07. The highest BCUT2D eigenvalue weighted by Gasteiger charge is 2.41. The number of para-hydroxylation sites is 2. The number of aromatic nitrogens is 1. The fourth-order valence-electron chi connectivity index (χ4n) is 4.69. The maximum absolute atomic E-state index is 12.9. The quantitative estimate of drug-likeness (QED) is 0.245. The van der Waals surface area contributed by atoms with E-state index in [1.54, 1.807) is 13.3 Å². The molecular formula is C30H30N4O4S. The number of ether oxygens (including phenoxy) is 2. The highest BCUT2D eigenvalue weighted by Crippen LogP contribution is 2.40. The molecule has 2 aromatic heterocycles. The van der Waals surface area contributed by atoms with Gasteiger partial charge in [-0.2, -0.15) is 0 Å². The molecule has 0 bridgehead atoms. The lowest BCUT2D eigenvalue weighted by molar-refractivity contribution is -0.116. The minimum Gasteiger partial charge on any atom is -0.495 e. The summed E-state index contributed by atoms with van der Waals surface area (Å²) >= 11 is 5.74. The third kappa shape index (κ3) is 5.88. The molecule has 9 heteroatoms. The van der Waals surface area contributed by atoms with Crippen molar-refractivity contribution in [1.29, 1.82) is 0 Å².